The number of aryl methyl sites for hydroxylation is 16. The molecule has 560 valence electrons. The summed E-state index contributed by atoms with van der Waals surface area (Å²) < 4.78 is 16.3. The van der Waals surface area contributed by atoms with Crippen LogP contribution in [0.2, 0.25) is 0 Å². The number of imidazole rings is 1. The number of hydrogen-bond donors (Lipinski definition) is 0. The summed E-state index contributed by atoms with van der Waals surface area (Å²) in [6.07, 6.45) is 26.7. The molecule has 17 heteroatoms. The minimum atomic E-state index is 1.01. The van der Waals surface area contributed by atoms with Crippen molar-refractivity contribution in [1.29, 1.82) is 0 Å². The molecule has 0 aliphatic carbocycles. The molecule has 0 aliphatic rings. The van der Waals surface area contributed by atoms with E-state index in [1.807, 2.05) is 291 Å². The summed E-state index contributed by atoms with van der Waals surface area (Å²) in [5.41, 5.74) is 22.5. The second-order valence-corrected chi connectivity index (χ2v) is 22.1. The quantitative estimate of drug-likeness (QED) is 0.144. The Morgan fingerprint density at radius 1 is 0.240 bits per heavy atom. The molecule has 0 radical (unpaired) electrons. The molecule has 17 nitrogen and oxygen atoms in total. The Morgan fingerprint density at radius 3 is 1.09 bits per heavy atom. The Kier molecular flexibility index (Phi) is 43.2. The van der Waals surface area contributed by atoms with Crippen molar-refractivity contribution in [3.8, 4) is 0 Å². The summed E-state index contributed by atoms with van der Waals surface area (Å²) in [7, 11) is 16.1. The fourth-order valence-corrected chi connectivity index (χ4v) is 11.3. The molecule has 0 N–H and O–H groups in total. The molecule has 0 amide bonds. The zero-order chi connectivity index (χ0) is 78.8. The van der Waals surface area contributed by atoms with E-state index >= 15 is 0 Å². The minimum absolute atomic E-state index is 1.01. The fourth-order valence-electron chi connectivity index (χ4n) is 11.3. The Balaban J connectivity index is 0.000000578. The van der Waals surface area contributed by atoms with Crippen LogP contribution in [0.25, 0.3) is 87.6 Å². The van der Waals surface area contributed by atoms with E-state index in [1.165, 1.54) is 82.5 Å². The van der Waals surface area contributed by atoms with Gasteiger partial charge in [0, 0.05) is 140 Å². The van der Waals surface area contributed by atoms with Gasteiger partial charge in [-0.3, -0.25) is 29.3 Å². The van der Waals surface area contributed by atoms with Crippen molar-refractivity contribution in [2.75, 3.05) is 0 Å². The molecule has 0 saturated carbocycles. The Hall–Kier alpha value is -10.6. The molecule has 104 heavy (non-hydrogen) atoms. The van der Waals surface area contributed by atoms with Crippen molar-refractivity contribution in [3.63, 3.8) is 0 Å². The van der Waals surface area contributed by atoms with Crippen molar-refractivity contribution in [3.05, 3.63) is 235 Å². The first-order valence-corrected chi connectivity index (χ1v) is 37.1. The van der Waals surface area contributed by atoms with Crippen molar-refractivity contribution >= 4 is 87.6 Å². The molecule has 0 atom stereocenters. The highest BCUT2D eigenvalue weighted by Crippen LogP contribution is 2.22. The SMILES string of the molecule is CC.CC.CC.CC.CC.CC.CC.CC.Cc1cccc2ccn(C)c12.Cc1cccc2cnn(C)c12.Cc1cccc2ncn(C)c12.Cc1ccnc2ccn(C)c12.Cc1cncc2ccn(C)c12.Cc1nccc2ccn(C)c12.Cc1nccc2cnn(C)c12.Cc1ncnc2ccn(C)c12. The third-order valence-corrected chi connectivity index (χ3v) is 15.6. The molecule has 0 unspecified atom stereocenters. The summed E-state index contributed by atoms with van der Waals surface area (Å²) in [5.74, 6) is 0. The van der Waals surface area contributed by atoms with Crippen LogP contribution < -0.4 is 0 Å². The van der Waals surface area contributed by atoms with Gasteiger partial charge in [0.1, 0.15) is 6.33 Å². The van der Waals surface area contributed by atoms with E-state index in [1.54, 1.807) is 12.5 Å². The van der Waals surface area contributed by atoms with Crippen LogP contribution in [0.1, 0.15) is 156 Å². The maximum absolute atomic E-state index is 4.24. The normalized spacial score (nSPS) is 9.54. The number of rotatable bonds is 0. The second-order valence-electron chi connectivity index (χ2n) is 22.1. The van der Waals surface area contributed by atoms with Gasteiger partial charge in [-0.2, -0.15) is 10.2 Å². The van der Waals surface area contributed by atoms with Gasteiger partial charge in [0.15, 0.2) is 0 Å². The monoisotopic (exact) mass is 1410 g/mol. The Bertz CT molecular complexity index is 4040. The van der Waals surface area contributed by atoms with E-state index in [9.17, 15) is 0 Å². The topological polar surface area (TPSA) is 155 Å². The highest BCUT2D eigenvalue weighted by molar-refractivity contribution is 5.85. The van der Waals surface area contributed by atoms with Gasteiger partial charge in [0.2, 0.25) is 0 Å². The summed E-state index contributed by atoms with van der Waals surface area (Å²) in [6, 6.07) is 35.1. The first-order valence-electron chi connectivity index (χ1n) is 37.1. The number of pyridine rings is 4. The molecule has 16 aromatic rings. The Labute approximate surface area is 623 Å². The zero-order valence-corrected chi connectivity index (χ0v) is 69.5. The average Bonchev–Trinajstić information content (AvgIpc) is 1.94. The fraction of sp³-hybridized carbons (Fsp3) is 0.368. The van der Waals surface area contributed by atoms with E-state index in [4.69, 9.17) is 0 Å². The lowest BCUT2D eigenvalue weighted by Crippen LogP contribution is -1.92. The van der Waals surface area contributed by atoms with E-state index in [2.05, 4.69) is 191 Å². The predicted molar refractivity (Wildman–Crippen MR) is 452 cm³/mol. The van der Waals surface area contributed by atoms with Crippen molar-refractivity contribution in [2.24, 2.45) is 56.4 Å². The van der Waals surface area contributed by atoms with E-state index < -0.39 is 0 Å². The van der Waals surface area contributed by atoms with Gasteiger partial charge >= 0.3 is 0 Å². The Morgan fingerprint density at radius 2 is 0.596 bits per heavy atom. The van der Waals surface area contributed by atoms with Crippen LogP contribution in [-0.4, -0.2) is 81.9 Å². The van der Waals surface area contributed by atoms with Gasteiger partial charge in [-0.1, -0.05) is 159 Å². The van der Waals surface area contributed by atoms with E-state index in [-0.39, 0.29) is 0 Å². The van der Waals surface area contributed by atoms with Crippen molar-refractivity contribution < 1.29 is 0 Å². The molecule has 3 aromatic carbocycles. The largest absolute Gasteiger partial charge is 0.350 e. The number of para-hydroxylation sites is 3. The molecule has 0 spiro atoms. The van der Waals surface area contributed by atoms with Gasteiger partial charge in [0.05, 0.1) is 96.5 Å². The summed E-state index contributed by atoms with van der Waals surface area (Å²) >= 11 is 0. The smallest absolute Gasteiger partial charge is 0.116 e. The van der Waals surface area contributed by atoms with Crippen LogP contribution in [0.3, 0.4) is 0 Å². The summed E-state index contributed by atoms with van der Waals surface area (Å²) in [5, 5.41) is 14.5. The second kappa shape index (κ2) is 49.1. The van der Waals surface area contributed by atoms with E-state index in [0.29, 0.717) is 0 Å². The van der Waals surface area contributed by atoms with Crippen molar-refractivity contribution in [2.45, 2.75) is 166 Å². The first-order chi connectivity index (χ1) is 50.3. The standard InChI is InChI=1S/C10H11N.5C9H10N2.2C8H9N3.8C2H6/c1-8-4-3-5-9-6-7-11(2)10(8)9;1-7-9-8(3-5-10-7)4-6-11(9)2;1-7-3-5-10-8-4-6-11(2)9(7)8;1-7-5-10-6-8-3-4-11(2)9(7)8;1-7-4-3-5-8-9(7)11(2)6-10-8;1-7-4-3-5-8-6-10-11(2)9(7)8;1-6-8-7(10-5-9-6)3-4-11(8)2;1-6-8-7(3-4-9-6)5-10-11(8)2;8*1-2/h3-7H,1-2H3;5*3-6H,1-2H3;2*3-5H,1-2H3;8*1-2H3. The highest BCUT2D eigenvalue weighted by atomic mass is 15.3. The van der Waals surface area contributed by atoms with Crippen LogP contribution in [0.15, 0.2) is 190 Å². The third-order valence-electron chi connectivity index (χ3n) is 15.6. The van der Waals surface area contributed by atoms with Gasteiger partial charge in [0.25, 0.3) is 0 Å². The third kappa shape index (κ3) is 24.9. The van der Waals surface area contributed by atoms with E-state index in [0.717, 1.165) is 50.1 Å². The van der Waals surface area contributed by atoms with Gasteiger partial charge in [-0.05, 0) is 143 Å². The molecular formula is C87H127N17. The zero-order valence-electron chi connectivity index (χ0n) is 69.5. The first kappa shape index (κ1) is 91.5. The highest BCUT2D eigenvalue weighted by Gasteiger charge is 2.06. The maximum Gasteiger partial charge on any atom is 0.116 e. The van der Waals surface area contributed by atoms with Crippen LogP contribution in [-0.2, 0) is 56.4 Å². The van der Waals surface area contributed by atoms with Crippen LogP contribution in [0, 0.1) is 55.4 Å². The van der Waals surface area contributed by atoms with Crippen LogP contribution in [0.4, 0.5) is 0 Å². The lowest BCUT2D eigenvalue weighted by atomic mass is 10.2. The van der Waals surface area contributed by atoms with Gasteiger partial charge in [-0.25, -0.2) is 15.0 Å². The summed E-state index contributed by atoms with van der Waals surface area (Å²) in [4.78, 5) is 29.2. The van der Waals surface area contributed by atoms with Crippen molar-refractivity contribution in [1.82, 2.24) is 81.9 Å². The molecule has 13 aromatic heterocycles. The minimum Gasteiger partial charge on any atom is -0.350 e. The van der Waals surface area contributed by atoms with Crippen LogP contribution >= 0.6 is 0 Å². The maximum atomic E-state index is 4.24. The lowest BCUT2D eigenvalue weighted by molar-refractivity contribution is 0.792. The number of aromatic nitrogens is 17. The number of nitrogens with zero attached hydrogens (tertiary/aromatic N) is 17. The molecule has 0 fully saturated rings. The van der Waals surface area contributed by atoms with Gasteiger partial charge < -0.3 is 27.4 Å². The predicted octanol–water partition coefficient (Wildman–Crippen LogP) is 22.7. The molecule has 13 heterocycles. The average molecular weight is 1410 g/mol. The van der Waals surface area contributed by atoms with Gasteiger partial charge in [-0.15, -0.1) is 0 Å². The number of fused-ring (bicyclic) bond motifs is 8. The molecule has 0 aliphatic heterocycles. The molecular weight excluding hydrogens is 1280 g/mol. The molecule has 0 bridgehead atoms. The van der Waals surface area contributed by atoms with Crippen LogP contribution in [0.5, 0.6) is 0 Å². The lowest BCUT2D eigenvalue weighted by Gasteiger charge is -1.98. The summed E-state index contributed by atoms with van der Waals surface area (Å²) in [6.45, 7) is 48.5. The molecule has 16 rings (SSSR count). The number of benzene rings is 3. The molecule has 0 saturated heterocycles. The number of hydrogen-bond acceptors (Lipinski definition) is 9.